The van der Waals surface area contributed by atoms with E-state index in [-0.39, 0.29) is 12.4 Å². The number of aromatic nitrogens is 2. The van der Waals surface area contributed by atoms with Crippen molar-refractivity contribution >= 4 is 12.4 Å². The molecule has 0 radical (unpaired) electrons. The predicted octanol–water partition coefficient (Wildman–Crippen LogP) is 3.46. The summed E-state index contributed by atoms with van der Waals surface area (Å²) in [6.07, 6.45) is 2.02. The lowest BCUT2D eigenvalue weighted by Crippen LogP contribution is -2.00. The van der Waals surface area contributed by atoms with Gasteiger partial charge in [-0.3, -0.25) is 5.10 Å². The van der Waals surface area contributed by atoms with Gasteiger partial charge in [0.25, 0.3) is 0 Å². The summed E-state index contributed by atoms with van der Waals surface area (Å²) >= 11 is 0. The van der Waals surface area contributed by atoms with Crippen LogP contribution in [0.5, 0.6) is 5.75 Å². The van der Waals surface area contributed by atoms with Crippen LogP contribution >= 0.6 is 12.4 Å². The summed E-state index contributed by atoms with van der Waals surface area (Å²) in [6.45, 7) is 4.85. The van der Waals surface area contributed by atoms with Crippen molar-refractivity contribution in [1.29, 1.82) is 0 Å². The van der Waals surface area contributed by atoms with Gasteiger partial charge < -0.3 is 4.74 Å². The summed E-state index contributed by atoms with van der Waals surface area (Å²) in [6, 6.07) is 9.92. The summed E-state index contributed by atoms with van der Waals surface area (Å²) in [7, 11) is 0. The van der Waals surface area contributed by atoms with E-state index in [1.165, 1.54) is 11.3 Å². The Labute approximate surface area is 114 Å². The minimum absolute atomic E-state index is 0. The highest BCUT2D eigenvalue weighted by molar-refractivity contribution is 5.85. The minimum Gasteiger partial charge on any atom is -0.494 e. The van der Waals surface area contributed by atoms with Crippen LogP contribution < -0.4 is 4.74 Å². The molecule has 0 unspecified atom stereocenters. The van der Waals surface area contributed by atoms with Gasteiger partial charge in [-0.2, -0.15) is 5.10 Å². The highest BCUT2D eigenvalue weighted by atomic mass is 35.5. The van der Waals surface area contributed by atoms with Crippen LogP contribution in [-0.2, 0) is 6.42 Å². The molecule has 1 N–H and O–H groups in total. The Hall–Kier alpha value is -1.48. The average molecular weight is 267 g/mol. The molecule has 2 rings (SSSR count). The van der Waals surface area contributed by atoms with E-state index in [4.69, 9.17) is 4.74 Å². The number of H-pyrrole nitrogens is 1. The van der Waals surface area contributed by atoms with Gasteiger partial charge in [0.2, 0.25) is 0 Å². The molecule has 0 spiro atoms. The van der Waals surface area contributed by atoms with E-state index in [0.717, 1.165) is 30.9 Å². The third kappa shape index (κ3) is 3.77. The molecule has 3 nitrogen and oxygen atoms in total. The van der Waals surface area contributed by atoms with Gasteiger partial charge in [-0.15, -0.1) is 12.4 Å². The Balaban J connectivity index is 0.00000162. The number of halogens is 1. The molecule has 1 aromatic heterocycles. The Bertz CT molecular complexity index is 448. The van der Waals surface area contributed by atoms with E-state index in [1.807, 2.05) is 37.3 Å². The SMILES string of the molecule is Cc1n[nH]c(C)c1CCCOc1ccccc1.Cl. The number of nitrogens with one attached hydrogen (secondary N) is 1. The van der Waals surface area contributed by atoms with Gasteiger partial charge in [-0.1, -0.05) is 18.2 Å². The van der Waals surface area contributed by atoms with Crippen LogP contribution in [-0.4, -0.2) is 16.8 Å². The quantitative estimate of drug-likeness (QED) is 0.842. The molecule has 18 heavy (non-hydrogen) atoms. The molecule has 0 aliphatic heterocycles. The number of hydrogen-bond acceptors (Lipinski definition) is 2. The normalized spacial score (nSPS) is 9.89. The van der Waals surface area contributed by atoms with E-state index in [2.05, 4.69) is 17.1 Å². The van der Waals surface area contributed by atoms with Gasteiger partial charge in [0.1, 0.15) is 5.75 Å². The molecular formula is C14H19ClN2O. The van der Waals surface area contributed by atoms with Gasteiger partial charge >= 0.3 is 0 Å². The zero-order valence-corrected chi connectivity index (χ0v) is 11.6. The Morgan fingerprint density at radius 1 is 1.17 bits per heavy atom. The molecule has 1 heterocycles. The maximum absolute atomic E-state index is 5.65. The van der Waals surface area contributed by atoms with E-state index < -0.39 is 0 Å². The van der Waals surface area contributed by atoms with Crippen molar-refractivity contribution in [2.45, 2.75) is 26.7 Å². The zero-order valence-electron chi connectivity index (χ0n) is 10.8. The highest BCUT2D eigenvalue weighted by Crippen LogP contribution is 2.13. The molecule has 0 aliphatic rings. The van der Waals surface area contributed by atoms with Crippen LogP contribution in [0.4, 0.5) is 0 Å². The summed E-state index contributed by atoms with van der Waals surface area (Å²) in [4.78, 5) is 0. The summed E-state index contributed by atoms with van der Waals surface area (Å²) < 4.78 is 5.65. The Morgan fingerprint density at radius 2 is 1.89 bits per heavy atom. The number of hydrogen-bond donors (Lipinski definition) is 1. The van der Waals surface area contributed by atoms with Gasteiger partial charge in [0.15, 0.2) is 0 Å². The van der Waals surface area contributed by atoms with Crippen molar-refractivity contribution in [2.75, 3.05) is 6.61 Å². The number of aromatic amines is 1. The van der Waals surface area contributed by atoms with Gasteiger partial charge in [-0.05, 0) is 44.4 Å². The van der Waals surface area contributed by atoms with Gasteiger partial charge in [0, 0.05) is 5.69 Å². The van der Waals surface area contributed by atoms with Crippen molar-refractivity contribution in [3.8, 4) is 5.75 Å². The Kier molecular flexibility index (Phi) is 5.72. The molecular weight excluding hydrogens is 248 g/mol. The van der Waals surface area contributed by atoms with Crippen LogP contribution in [0.1, 0.15) is 23.4 Å². The molecule has 0 saturated carbocycles. The zero-order chi connectivity index (χ0) is 12.1. The van der Waals surface area contributed by atoms with Crippen molar-refractivity contribution in [1.82, 2.24) is 10.2 Å². The number of ether oxygens (including phenoxy) is 1. The lowest BCUT2D eigenvalue weighted by atomic mass is 10.1. The smallest absolute Gasteiger partial charge is 0.119 e. The highest BCUT2D eigenvalue weighted by Gasteiger charge is 2.05. The number of aryl methyl sites for hydroxylation is 2. The molecule has 98 valence electrons. The maximum Gasteiger partial charge on any atom is 0.119 e. The topological polar surface area (TPSA) is 37.9 Å². The van der Waals surface area contributed by atoms with Gasteiger partial charge in [-0.25, -0.2) is 0 Å². The summed E-state index contributed by atoms with van der Waals surface area (Å²) in [5.74, 6) is 0.938. The first kappa shape index (κ1) is 14.6. The van der Waals surface area contributed by atoms with Crippen LogP contribution in [0, 0.1) is 13.8 Å². The second kappa shape index (κ2) is 7.07. The lowest BCUT2D eigenvalue weighted by Gasteiger charge is -2.05. The van der Waals surface area contributed by atoms with E-state index >= 15 is 0 Å². The van der Waals surface area contributed by atoms with Crippen molar-refractivity contribution in [3.05, 3.63) is 47.3 Å². The maximum atomic E-state index is 5.65. The number of benzene rings is 1. The average Bonchev–Trinajstić information content (AvgIpc) is 2.67. The first-order valence-electron chi connectivity index (χ1n) is 5.95. The van der Waals surface area contributed by atoms with E-state index in [0.29, 0.717) is 0 Å². The number of rotatable bonds is 5. The number of para-hydroxylation sites is 1. The molecule has 0 bridgehead atoms. The van der Waals surface area contributed by atoms with Crippen LogP contribution in [0.2, 0.25) is 0 Å². The fourth-order valence-electron chi connectivity index (χ4n) is 1.90. The first-order chi connectivity index (χ1) is 8.27. The van der Waals surface area contributed by atoms with Crippen molar-refractivity contribution in [2.24, 2.45) is 0 Å². The first-order valence-corrected chi connectivity index (χ1v) is 5.95. The molecule has 0 fully saturated rings. The fourth-order valence-corrected chi connectivity index (χ4v) is 1.90. The standard InChI is InChI=1S/C14H18N2O.ClH/c1-11-14(12(2)16-15-11)9-6-10-17-13-7-4-3-5-8-13;/h3-5,7-8H,6,9-10H2,1-2H3,(H,15,16);1H. The molecule has 0 saturated heterocycles. The summed E-state index contributed by atoms with van der Waals surface area (Å²) in [5.41, 5.74) is 3.59. The van der Waals surface area contributed by atoms with E-state index in [9.17, 15) is 0 Å². The molecule has 0 aliphatic carbocycles. The fraction of sp³-hybridized carbons (Fsp3) is 0.357. The van der Waals surface area contributed by atoms with Crippen LogP contribution in [0.15, 0.2) is 30.3 Å². The Morgan fingerprint density at radius 3 is 2.50 bits per heavy atom. The van der Waals surface area contributed by atoms with E-state index in [1.54, 1.807) is 0 Å². The van der Waals surface area contributed by atoms with Gasteiger partial charge in [0.05, 0.1) is 12.3 Å². The van der Waals surface area contributed by atoms with Crippen LogP contribution in [0.3, 0.4) is 0 Å². The number of nitrogens with zero attached hydrogens (tertiary/aromatic N) is 1. The van der Waals surface area contributed by atoms with Crippen molar-refractivity contribution < 1.29 is 4.74 Å². The largest absolute Gasteiger partial charge is 0.494 e. The molecule has 2 aromatic rings. The molecule has 0 atom stereocenters. The monoisotopic (exact) mass is 266 g/mol. The summed E-state index contributed by atoms with van der Waals surface area (Å²) in [5, 5.41) is 7.19. The molecule has 4 heteroatoms. The third-order valence-corrected chi connectivity index (χ3v) is 2.86. The molecule has 1 aromatic carbocycles. The van der Waals surface area contributed by atoms with Crippen molar-refractivity contribution in [3.63, 3.8) is 0 Å². The molecule has 0 amide bonds. The second-order valence-corrected chi connectivity index (χ2v) is 4.18. The minimum atomic E-state index is 0. The lowest BCUT2D eigenvalue weighted by molar-refractivity contribution is 0.311. The third-order valence-electron chi connectivity index (χ3n) is 2.86. The second-order valence-electron chi connectivity index (χ2n) is 4.18. The predicted molar refractivity (Wildman–Crippen MR) is 75.6 cm³/mol. The van der Waals surface area contributed by atoms with Crippen LogP contribution in [0.25, 0.3) is 0 Å².